The van der Waals surface area contributed by atoms with Gasteiger partial charge >= 0.3 is 6.18 Å². The standard InChI is InChI=1S/C12H14F3NO2S/c1-19-7-3-6-18-16-11(17)9-4-2-5-10(8-9)12(13,14)15/h2,4-5,8H,3,6-7H2,1H3,(H,16,17). The Balaban J connectivity index is 2.53. The van der Waals surface area contributed by atoms with Crippen LogP contribution < -0.4 is 5.48 Å². The summed E-state index contributed by atoms with van der Waals surface area (Å²) in [4.78, 5) is 16.4. The van der Waals surface area contributed by atoms with Crippen molar-refractivity contribution >= 4 is 17.7 Å². The van der Waals surface area contributed by atoms with Gasteiger partial charge < -0.3 is 0 Å². The lowest BCUT2D eigenvalue weighted by molar-refractivity contribution is -0.137. The highest BCUT2D eigenvalue weighted by atomic mass is 32.2. The van der Waals surface area contributed by atoms with Crippen LogP contribution in [0.2, 0.25) is 0 Å². The molecule has 0 saturated carbocycles. The Bertz CT molecular complexity index is 424. The Morgan fingerprint density at radius 1 is 1.42 bits per heavy atom. The number of hydroxylamine groups is 1. The van der Waals surface area contributed by atoms with Gasteiger partial charge in [0.1, 0.15) is 0 Å². The van der Waals surface area contributed by atoms with Gasteiger partial charge in [0.15, 0.2) is 0 Å². The molecule has 0 spiro atoms. The van der Waals surface area contributed by atoms with Crippen LogP contribution in [0, 0.1) is 0 Å². The van der Waals surface area contributed by atoms with Crippen molar-refractivity contribution in [2.45, 2.75) is 12.6 Å². The van der Waals surface area contributed by atoms with Crippen LogP contribution in [0.4, 0.5) is 13.2 Å². The Labute approximate surface area is 113 Å². The highest BCUT2D eigenvalue weighted by molar-refractivity contribution is 7.98. The van der Waals surface area contributed by atoms with Crippen LogP contribution in [0.1, 0.15) is 22.3 Å². The summed E-state index contributed by atoms with van der Waals surface area (Å²) in [6.45, 7) is 0.325. The van der Waals surface area contributed by atoms with E-state index in [-0.39, 0.29) is 5.56 Å². The molecule has 3 nitrogen and oxygen atoms in total. The van der Waals surface area contributed by atoms with E-state index in [0.29, 0.717) is 6.61 Å². The minimum absolute atomic E-state index is 0.0836. The molecule has 1 N–H and O–H groups in total. The maximum atomic E-state index is 12.5. The molecule has 1 amide bonds. The summed E-state index contributed by atoms with van der Waals surface area (Å²) in [6, 6.07) is 4.19. The Morgan fingerprint density at radius 2 is 2.16 bits per heavy atom. The molecule has 0 heterocycles. The summed E-state index contributed by atoms with van der Waals surface area (Å²) in [6.07, 6.45) is -1.76. The topological polar surface area (TPSA) is 38.3 Å². The molecule has 1 aromatic rings. The molecule has 0 aliphatic rings. The first-order valence-corrected chi connectivity index (χ1v) is 6.93. The molecule has 0 radical (unpaired) electrons. The number of alkyl halides is 3. The molecule has 0 unspecified atom stereocenters. The van der Waals surface area contributed by atoms with Crippen LogP contribution >= 0.6 is 11.8 Å². The first kappa shape index (κ1) is 15.8. The summed E-state index contributed by atoms with van der Waals surface area (Å²) in [7, 11) is 0. The lowest BCUT2D eigenvalue weighted by atomic mass is 10.1. The van der Waals surface area contributed by atoms with Crippen molar-refractivity contribution in [3.63, 3.8) is 0 Å². The Hall–Kier alpha value is -1.21. The maximum absolute atomic E-state index is 12.5. The van der Waals surface area contributed by atoms with Crippen molar-refractivity contribution in [1.29, 1.82) is 0 Å². The van der Waals surface area contributed by atoms with Gasteiger partial charge in [-0.15, -0.1) is 0 Å². The second-order valence-corrected chi connectivity index (χ2v) is 4.69. The number of halogens is 3. The number of rotatable bonds is 6. The molecule has 0 fully saturated rings. The summed E-state index contributed by atoms with van der Waals surface area (Å²) in [5.74, 6) is 0.203. The third-order valence-electron chi connectivity index (χ3n) is 2.21. The number of amides is 1. The average molecular weight is 293 g/mol. The predicted molar refractivity (Wildman–Crippen MR) is 67.9 cm³/mol. The molecular formula is C12H14F3NO2S. The molecule has 19 heavy (non-hydrogen) atoms. The lowest BCUT2D eigenvalue weighted by Gasteiger charge is -2.09. The normalized spacial score (nSPS) is 11.4. The van der Waals surface area contributed by atoms with Gasteiger partial charge in [-0.3, -0.25) is 9.63 Å². The second-order valence-electron chi connectivity index (χ2n) is 3.70. The molecule has 1 aromatic carbocycles. The molecule has 0 aromatic heterocycles. The summed E-state index contributed by atoms with van der Waals surface area (Å²) in [5, 5.41) is 0. The number of nitrogens with one attached hydrogen (secondary N) is 1. The molecule has 106 valence electrons. The van der Waals surface area contributed by atoms with Gasteiger partial charge in [0.25, 0.3) is 5.91 Å². The summed E-state index contributed by atoms with van der Waals surface area (Å²) >= 11 is 1.64. The fourth-order valence-corrected chi connectivity index (χ4v) is 1.69. The molecule has 0 atom stereocenters. The van der Waals surface area contributed by atoms with Gasteiger partial charge in [-0.1, -0.05) is 6.07 Å². The van der Waals surface area contributed by atoms with Crippen LogP contribution in [-0.4, -0.2) is 24.5 Å². The summed E-state index contributed by atoms with van der Waals surface area (Å²) < 4.78 is 37.4. The van der Waals surface area contributed by atoms with E-state index in [2.05, 4.69) is 5.48 Å². The van der Waals surface area contributed by atoms with Gasteiger partial charge in [-0.25, -0.2) is 5.48 Å². The monoisotopic (exact) mass is 293 g/mol. The largest absolute Gasteiger partial charge is 0.416 e. The summed E-state index contributed by atoms with van der Waals surface area (Å²) in [5.41, 5.74) is 1.18. The molecule has 1 rings (SSSR count). The van der Waals surface area contributed by atoms with E-state index in [9.17, 15) is 18.0 Å². The highest BCUT2D eigenvalue weighted by Crippen LogP contribution is 2.29. The number of benzene rings is 1. The first-order valence-electron chi connectivity index (χ1n) is 5.53. The number of thioether (sulfide) groups is 1. The SMILES string of the molecule is CSCCCONC(=O)c1cccc(C(F)(F)F)c1. The van der Waals surface area contributed by atoms with E-state index in [1.54, 1.807) is 11.8 Å². The van der Waals surface area contributed by atoms with Gasteiger partial charge in [-0.2, -0.15) is 24.9 Å². The van der Waals surface area contributed by atoms with Gasteiger partial charge in [0, 0.05) is 5.56 Å². The van der Waals surface area contributed by atoms with E-state index in [1.807, 2.05) is 6.26 Å². The molecule has 0 saturated heterocycles. The third-order valence-corrected chi connectivity index (χ3v) is 2.91. The van der Waals surface area contributed by atoms with Crippen LogP contribution in [0.25, 0.3) is 0 Å². The van der Waals surface area contributed by atoms with Crippen molar-refractivity contribution < 1.29 is 22.8 Å². The lowest BCUT2D eigenvalue weighted by Crippen LogP contribution is -2.24. The molecule has 7 heteroatoms. The van der Waals surface area contributed by atoms with Crippen molar-refractivity contribution in [2.24, 2.45) is 0 Å². The zero-order valence-electron chi connectivity index (χ0n) is 10.3. The smallest absolute Gasteiger partial charge is 0.273 e. The third kappa shape index (κ3) is 5.52. The van der Waals surface area contributed by atoms with Crippen molar-refractivity contribution in [1.82, 2.24) is 5.48 Å². The van der Waals surface area contributed by atoms with E-state index in [0.717, 1.165) is 24.3 Å². The maximum Gasteiger partial charge on any atom is 0.416 e. The minimum atomic E-state index is -4.46. The molecule has 0 bridgehead atoms. The van der Waals surface area contributed by atoms with Crippen LogP contribution in [0.15, 0.2) is 24.3 Å². The fourth-order valence-electron chi connectivity index (χ4n) is 1.29. The number of hydrogen-bond acceptors (Lipinski definition) is 3. The number of carbonyl (C=O) groups is 1. The van der Waals surface area contributed by atoms with Crippen LogP contribution in [0.3, 0.4) is 0 Å². The van der Waals surface area contributed by atoms with E-state index >= 15 is 0 Å². The van der Waals surface area contributed by atoms with Crippen LogP contribution in [-0.2, 0) is 11.0 Å². The average Bonchev–Trinajstić information content (AvgIpc) is 2.37. The molecule has 0 aliphatic heterocycles. The quantitative estimate of drug-likeness (QED) is 0.647. The van der Waals surface area contributed by atoms with Gasteiger partial charge in [-0.05, 0) is 36.6 Å². The highest BCUT2D eigenvalue weighted by Gasteiger charge is 2.30. The first-order chi connectivity index (χ1) is 8.95. The van der Waals surface area contributed by atoms with Gasteiger partial charge in [0.05, 0.1) is 12.2 Å². The van der Waals surface area contributed by atoms with Crippen molar-refractivity contribution in [3.05, 3.63) is 35.4 Å². The van der Waals surface area contributed by atoms with Crippen LogP contribution in [0.5, 0.6) is 0 Å². The zero-order chi connectivity index (χ0) is 14.3. The second kappa shape index (κ2) is 7.40. The Morgan fingerprint density at radius 3 is 2.79 bits per heavy atom. The molecular weight excluding hydrogens is 279 g/mol. The zero-order valence-corrected chi connectivity index (χ0v) is 11.1. The minimum Gasteiger partial charge on any atom is -0.273 e. The van der Waals surface area contributed by atoms with Gasteiger partial charge in [0.2, 0.25) is 0 Å². The molecule has 0 aliphatic carbocycles. The van der Waals surface area contributed by atoms with E-state index in [1.165, 1.54) is 12.1 Å². The van der Waals surface area contributed by atoms with Crippen molar-refractivity contribution in [2.75, 3.05) is 18.6 Å². The predicted octanol–water partition coefficient (Wildman–Crippen LogP) is 3.12. The Kier molecular flexibility index (Phi) is 6.17. The van der Waals surface area contributed by atoms with E-state index < -0.39 is 17.6 Å². The fraction of sp³-hybridized carbons (Fsp3) is 0.417. The number of hydrogen-bond donors (Lipinski definition) is 1. The van der Waals surface area contributed by atoms with Crippen molar-refractivity contribution in [3.8, 4) is 0 Å². The number of carbonyl (C=O) groups excluding carboxylic acids is 1. The van der Waals surface area contributed by atoms with E-state index in [4.69, 9.17) is 4.84 Å².